The molecule has 0 aliphatic heterocycles. The Kier molecular flexibility index (Phi) is 3.45. The van der Waals surface area contributed by atoms with Crippen LogP contribution >= 0.6 is 0 Å². The van der Waals surface area contributed by atoms with Crippen LogP contribution in [0.3, 0.4) is 0 Å². The van der Waals surface area contributed by atoms with E-state index in [9.17, 15) is 4.79 Å². The lowest BCUT2D eigenvalue weighted by Gasteiger charge is -2.28. The van der Waals surface area contributed by atoms with Gasteiger partial charge in [-0.2, -0.15) is 0 Å². The number of carboxylic acid groups (broad SMARTS) is 1. The number of aliphatic carboxylic acids is 1. The molecule has 94 valence electrons. The number of nitrogens with zero attached hydrogens (tertiary/aromatic N) is 3. The second kappa shape index (κ2) is 4.85. The van der Waals surface area contributed by atoms with Crippen LogP contribution < -0.4 is 0 Å². The van der Waals surface area contributed by atoms with Crippen molar-refractivity contribution in [2.24, 2.45) is 5.92 Å². The molecule has 1 heterocycles. The van der Waals surface area contributed by atoms with Crippen molar-refractivity contribution >= 4 is 5.97 Å². The minimum Gasteiger partial charge on any atom is -0.481 e. The number of rotatable bonds is 3. The molecule has 5 nitrogen and oxygen atoms in total. The zero-order valence-corrected chi connectivity index (χ0v) is 10.3. The van der Waals surface area contributed by atoms with Crippen LogP contribution in [0.25, 0.3) is 0 Å². The van der Waals surface area contributed by atoms with Crippen LogP contribution in [-0.4, -0.2) is 25.8 Å². The quantitative estimate of drug-likeness (QED) is 0.875. The standard InChI is InChI=1S/C12H19N3O2/c1-8(2)11-14-13-7-15(11)10-5-3-9(4-6-10)12(16)17/h7-10H,3-6H2,1-2H3,(H,16,17). The van der Waals surface area contributed by atoms with Gasteiger partial charge in [-0.3, -0.25) is 4.79 Å². The molecule has 17 heavy (non-hydrogen) atoms. The lowest BCUT2D eigenvalue weighted by atomic mass is 9.86. The SMILES string of the molecule is CC(C)c1nncn1C1CCC(C(=O)O)CC1. The van der Waals surface area contributed by atoms with E-state index in [1.165, 1.54) is 0 Å². The van der Waals surface area contributed by atoms with Crippen molar-refractivity contribution in [1.29, 1.82) is 0 Å². The van der Waals surface area contributed by atoms with E-state index in [-0.39, 0.29) is 5.92 Å². The summed E-state index contributed by atoms with van der Waals surface area (Å²) in [5, 5.41) is 17.1. The summed E-state index contributed by atoms with van der Waals surface area (Å²) in [6.07, 6.45) is 5.12. The van der Waals surface area contributed by atoms with Crippen molar-refractivity contribution in [2.75, 3.05) is 0 Å². The molecular weight excluding hydrogens is 218 g/mol. The van der Waals surface area contributed by atoms with Crippen LogP contribution in [0.2, 0.25) is 0 Å². The topological polar surface area (TPSA) is 68.0 Å². The van der Waals surface area contributed by atoms with Gasteiger partial charge in [-0.05, 0) is 25.7 Å². The van der Waals surface area contributed by atoms with Gasteiger partial charge >= 0.3 is 5.97 Å². The number of hydrogen-bond acceptors (Lipinski definition) is 3. The summed E-state index contributed by atoms with van der Waals surface area (Å²) in [6.45, 7) is 4.20. The van der Waals surface area contributed by atoms with Crippen LogP contribution in [0.15, 0.2) is 6.33 Å². The normalized spacial score (nSPS) is 25.1. The number of carboxylic acids is 1. The van der Waals surface area contributed by atoms with Crippen LogP contribution in [0.5, 0.6) is 0 Å². The Morgan fingerprint density at radius 3 is 2.59 bits per heavy atom. The van der Waals surface area contributed by atoms with Gasteiger partial charge in [0.2, 0.25) is 0 Å². The van der Waals surface area contributed by atoms with Crippen LogP contribution in [-0.2, 0) is 4.79 Å². The molecule has 0 radical (unpaired) electrons. The molecule has 5 heteroatoms. The Hall–Kier alpha value is -1.39. The Morgan fingerprint density at radius 1 is 1.41 bits per heavy atom. The fourth-order valence-corrected chi connectivity index (χ4v) is 2.55. The fraction of sp³-hybridized carbons (Fsp3) is 0.750. The summed E-state index contributed by atoms with van der Waals surface area (Å²) in [7, 11) is 0. The van der Waals surface area contributed by atoms with E-state index < -0.39 is 5.97 Å². The van der Waals surface area contributed by atoms with E-state index in [4.69, 9.17) is 5.11 Å². The summed E-state index contributed by atoms with van der Waals surface area (Å²) in [5.41, 5.74) is 0. The third-order valence-corrected chi connectivity index (χ3v) is 3.56. The Labute approximate surface area is 101 Å². The largest absolute Gasteiger partial charge is 0.481 e. The number of carbonyl (C=O) groups is 1. The summed E-state index contributed by atoms with van der Waals surface area (Å²) >= 11 is 0. The molecule has 0 amide bonds. The first-order chi connectivity index (χ1) is 8.09. The van der Waals surface area contributed by atoms with Crippen molar-refractivity contribution in [2.45, 2.75) is 51.5 Å². The third-order valence-electron chi connectivity index (χ3n) is 3.56. The van der Waals surface area contributed by atoms with Gasteiger partial charge in [-0.25, -0.2) is 0 Å². The van der Waals surface area contributed by atoms with E-state index in [2.05, 4.69) is 28.6 Å². The molecule has 0 aromatic carbocycles. The van der Waals surface area contributed by atoms with Gasteiger partial charge in [-0.15, -0.1) is 10.2 Å². The molecule has 0 spiro atoms. The Morgan fingerprint density at radius 2 is 2.06 bits per heavy atom. The maximum atomic E-state index is 10.9. The molecule has 1 aromatic rings. The molecule has 1 aliphatic rings. The second-order valence-electron chi connectivity index (χ2n) is 5.09. The molecule has 0 atom stereocenters. The predicted octanol–water partition coefficient (Wildman–Crippen LogP) is 2.22. The average Bonchev–Trinajstić information content (AvgIpc) is 2.78. The first kappa shape index (κ1) is 12.1. The molecule has 1 N–H and O–H groups in total. The zero-order valence-electron chi connectivity index (χ0n) is 10.3. The van der Waals surface area contributed by atoms with Gasteiger partial charge < -0.3 is 9.67 Å². The van der Waals surface area contributed by atoms with E-state index >= 15 is 0 Å². The highest BCUT2D eigenvalue weighted by molar-refractivity contribution is 5.70. The lowest BCUT2D eigenvalue weighted by molar-refractivity contribution is -0.143. The van der Waals surface area contributed by atoms with Crippen molar-refractivity contribution in [3.05, 3.63) is 12.2 Å². The molecule has 1 aliphatic carbocycles. The van der Waals surface area contributed by atoms with Crippen molar-refractivity contribution in [1.82, 2.24) is 14.8 Å². The van der Waals surface area contributed by atoms with E-state index in [0.717, 1.165) is 31.5 Å². The van der Waals surface area contributed by atoms with Crippen LogP contribution in [0.4, 0.5) is 0 Å². The monoisotopic (exact) mass is 237 g/mol. The van der Waals surface area contributed by atoms with Gasteiger partial charge in [-0.1, -0.05) is 13.8 Å². The van der Waals surface area contributed by atoms with Crippen molar-refractivity contribution < 1.29 is 9.90 Å². The molecule has 0 unspecified atom stereocenters. The first-order valence-electron chi connectivity index (χ1n) is 6.21. The smallest absolute Gasteiger partial charge is 0.306 e. The molecular formula is C12H19N3O2. The van der Waals surface area contributed by atoms with E-state index in [1.807, 2.05) is 0 Å². The number of aromatic nitrogens is 3. The van der Waals surface area contributed by atoms with Gasteiger partial charge in [0, 0.05) is 12.0 Å². The molecule has 0 saturated heterocycles. The summed E-state index contributed by atoms with van der Waals surface area (Å²) in [4.78, 5) is 10.9. The van der Waals surface area contributed by atoms with E-state index in [0.29, 0.717) is 12.0 Å². The molecule has 1 fully saturated rings. The summed E-state index contributed by atoms with van der Waals surface area (Å²) in [6, 6.07) is 0.373. The fourth-order valence-electron chi connectivity index (χ4n) is 2.55. The molecule has 0 bridgehead atoms. The second-order valence-corrected chi connectivity index (χ2v) is 5.09. The predicted molar refractivity (Wildman–Crippen MR) is 62.7 cm³/mol. The van der Waals surface area contributed by atoms with E-state index in [1.54, 1.807) is 6.33 Å². The Bertz CT molecular complexity index is 392. The lowest BCUT2D eigenvalue weighted by Crippen LogP contribution is -2.24. The number of hydrogen-bond donors (Lipinski definition) is 1. The van der Waals surface area contributed by atoms with Crippen molar-refractivity contribution in [3.63, 3.8) is 0 Å². The molecule has 2 rings (SSSR count). The highest BCUT2D eigenvalue weighted by Gasteiger charge is 2.28. The maximum Gasteiger partial charge on any atom is 0.306 e. The van der Waals surface area contributed by atoms with Gasteiger partial charge in [0.05, 0.1) is 5.92 Å². The molecule has 1 aromatic heterocycles. The van der Waals surface area contributed by atoms with Gasteiger partial charge in [0.1, 0.15) is 12.2 Å². The third kappa shape index (κ3) is 2.48. The first-order valence-corrected chi connectivity index (χ1v) is 6.21. The molecule has 1 saturated carbocycles. The van der Waals surface area contributed by atoms with Crippen LogP contribution in [0, 0.1) is 5.92 Å². The van der Waals surface area contributed by atoms with Crippen molar-refractivity contribution in [3.8, 4) is 0 Å². The summed E-state index contributed by atoms with van der Waals surface area (Å²) in [5.74, 6) is 0.542. The minimum absolute atomic E-state index is 0.162. The highest BCUT2D eigenvalue weighted by Crippen LogP contribution is 2.33. The van der Waals surface area contributed by atoms with Gasteiger partial charge in [0.15, 0.2) is 0 Å². The van der Waals surface area contributed by atoms with Crippen LogP contribution in [0.1, 0.15) is 57.3 Å². The maximum absolute atomic E-state index is 10.9. The minimum atomic E-state index is -0.656. The summed E-state index contributed by atoms with van der Waals surface area (Å²) < 4.78 is 2.13. The average molecular weight is 237 g/mol. The zero-order chi connectivity index (χ0) is 12.4. The highest BCUT2D eigenvalue weighted by atomic mass is 16.4. The Balaban J connectivity index is 2.05. The van der Waals surface area contributed by atoms with Gasteiger partial charge in [0.25, 0.3) is 0 Å².